The molecule has 5 heteroatoms. The molecule has 2 aromatic rings. The Balaban J connectivity index is 1.93. The zero-order valence-electron chi connectivity index (χ0n) is 15.4. The van der Waals surface area contributed by atoms with Crippen LogP contribution in [0.3, 0.4) is 0 Å². The van der Waals surface area contributed by atoms with Gasteiger partial charge < -0.3 is 10.2 Å². The van der Waals surface area contributed by atoms with E-state index in [-0.39, 0.29) is 6.03 Å². The molecule has 1 aliphatic rings. The quantitative estimate of drug-likeness (QED) is 0.205. The molecule has 1 heterocycles. The molecule has 2 atom stereocenters. The normalized spacial score (nSPS) is 22.5. The number of amides is 2. The Bertz CT molecular complexity index is 807. The highest BCUT2D eigenvalue weighted by molar-refractivity contribution is 14.1. The van der Waals surface area contributed by atoms with Gasteiger partial charge in [0, 0.05) is 11.0 Å². The topological polar surface area (TPSA) is 32.3 Å². The Morgan fingerprint density at radius 2 is 1.93 bits per heavy atom. The predicted octanol–water partition coefficient (Wildman–Crippen LogP) is 6.33. The first-order chi connectivity index (χ1) is 12.9. The largest absolute Gasteiger partial charge is 0.328 e. The smallest absolute Gasteiger partial charge is 0.319 e. The van der Waals surface area contributed by atoms with Crippen LogP contribution in [0.25, 0.3) is 0 Å². The first kappa shape index (κ1) is 20.4. The molecule has 0 spiro atoms. The fraction of sp³-hybridized carbons (Fsp3) is 0.318. The van der Waals surface area contributed by atoms with Gasteiger partial charge >= 0.3 is 6.03 Å². The molecule has 142 valence electrons. The fourth-order valence-electron chi connectivity index (χ4n) is 3.78. The lowest BCUT2D eigenvalue weighted by molar-refractivity contribution is 0.173. The highest BCUT2D eigenvalue weighted by atomic mass is 127. The first-order valence-corrected chi connectivity index (χ1v) is 11.0. The van der Waals surface area contributed by atoms with Crippen molar-refractivity contribution in [1.82, 2.24) is 10.2 Å². The van der Waals surface area contributed by atoms with E-state index < -0.39 is 9.08 Å². The second-order valence-electron chi connectivity index (χ2n) is 7.09. The Labute approximate surface area is 183 Å². The van der Waals surface area contributed by atoms with Gasteiger partial charge in [0.15, 0.2) is 0 Å². The van der Waals surface area contributed by atoms with Gasteiger partial charge in [-0.25, -0.2) is 4.79 Å². The van der Waals surface area contributed by atoms with E-state index in [0.717, 1.165) is 28.4 Å². The Morgan fingerprint density at radius 1 is 1.26 bits per heavy atom. The van der Waals surface area contributed by atoms with Crippen molar-refractivity contribution in [1.29, 1.82) is 0 Å². The zero-order valence-corrected chi connectivity index (χ0v) is 19.2. The lowest BCUT2D eigenvalue weighted by Gasteiger charge is -2.38. The molecule has 2 aromatic carbocycles. The lowest BCUT2D eigenvalue weighted by atomic mass is 9.83. The molecule has 2 amide bonds. The van der Waals surface area contributed by atoms with Gasteiger partial charge in [0.1, 0.15) is 3.55 Å². The highest BCUT2D eigenvalue weighted by Crippen LogP contribution is 2.40. The van der Waals surface area contributed by atoms with Crippen molar-refractivity contribution in [3.05, 3.63) is 82.9 Å². The van der Waals surface area contributed by atoms with Crippen LogP contribution in [0, 0.1) is 0 Å². The van der Waals surface area contributed by atoms with Gasteiger partial charge in [-0.2, -0.15) is 0 Å². The molecule has 0 aliphatic carbocycles. The van der Waals surface area contributed by atoms with E-state index in [1.165, 1.54) is 0 Å². The summed E-state index contributed by atoms with van der Waals surface area (Å²) in [6.45, 7) is 6.75. The van der Waals surface area contributed by atoms with E-state index in [4.69, 9.17) is 0 Å². The van der Waals surface area contributed by atoms with Gasteiger partial charge in [-0.15, -0.1) is 6.58 Å². The maximum absolute atomic E-state index is 13.3. The SMILES string of the molecule is C=CCC1(c2ccccc2)CCCN([C@@](C)(I)c2ccc(Br)cc2)C(=O)N1. The van der Waals surface area contributed by atoms with Gasteiger partial charge in [0.2, 0.25) is 0 Å². The van der Waals surface area contributed by atoms with Crippen molar-refractivity contribution in [2.24, 2.45) is 0 Å². The maximum atomic E-state index is 13.3. The average Bonchev–Trinajstić information content (AvgIpc) is 2.83. The summed E-state index contributed by atoms with van der Waals surface area (Å²) in [7, 11) is 0. The molecule has 0 aromatic heterocycles. The van der Waals surface area contributed by atoms with Gasteiger partial charge in [-0.3, -0.25) is 0 Å². The van der Waals surface area contributed by atoms with Crippen molar-refractivity contribution in [2.75, 3.05) is 6.54 Å². The van der Waals surface area contributed by atoms with Crippen molar-refractivity contribution < 1.29 is 4.79 Å². The highest BCUT2D eigenvalue weighted by Gasteiger charge is 2.42. The predicted molar refractivity (Wildman–Crippen MR) is 123 cm³/mol. The maximum Gasteiger partial charge on any atom is 0.319 e. The van der Waals surface area contributed by atoms with Crippen molar-refractivity contribution in [3.63, 3.8) is 0 Å². The third-order valence-electron chi connectivity index (χ3n) is 5.27. The third-order valence-corrected chi connectivity index (χ3v) is 7.01. The number of hydrogen-bond acceptors (Lipinski definition) is 1. The number of rotatable bonds is 5. The van der Waals surface area contributed by atoms with Crippen LogP contribution >= 0.6 is 38.5 Å². The average molecular weight is 539 g/mol. The van der Waals surface area contributed by atoms with Gasteiger partial charge in [-0.1, -0.05) is 64.5 Å². The van der Waals surface area contributed by atoms with E-state index in [1.54, 1.807) is 0 Å². The summed E-state index contributed by atoms with van der Waals surface area (Å²) in [6, 6.07) is 18.4. The molecule has 3 nitrogen and oxygen atoms in total. The van der Waals surface area contributed by atoms with Crippen molar-refractivity contribution in [2.45, 2.75) is 35.3 Å². The minimum atomic E-state index is -0.427. The number of nitrogens with zero attached hydrogens (tertiary/aromatic N) is 1. The lowest BCUT2D eigenvalue weighted by Crippen LogP contribution is -2.52. The number of alkyl halides is 1. The van der Waals surface area contributed by atoms with Crippen LogP contribution in [-0.4, -0.2) is 17.5 Å². The molecule has 0 saturated carbocycles. The molecule has 0 bridgehead atoms. The molecule has 1 fully saturated rings. The van der Waals surface area contributed by atoms with E-state index in [1.807, 2.05) is 41.3 Å². The monoisotopic (exact) mass is 538 g/mol. The van der Waals surface area contributed by atoms with Crippen molar-refractivity contribution in [3.8, 4) is 0 Å². The minimum Gasteiger partial charge on any atom is -0.328 e. The number of nitrogens with one attached hydrogen (secondary N) is 1. The number of halogens is 2. The summed E-state index contributed by atoms with van der Waals surface area (Å²) in [5.74, 6) is 0. The zero-order chi connectivity index (χ0) is 19.5. The molecular weight excluding hydrogens is 515 g/mol. The summed E-state index contributed by atoms with van der Waals surface area (Å²) in [5.41, 5.74) is 1.85. The number of carbonyl (C=O) groups is 1. The fourth-order valence-corrected chi connectivity index (χ4v) is 4.86. The van der Waals surface area contributed by atoms with E-state index >= 15 is 0 Å². The third kappa shape index (κ3) is 4.24. The Kier molecular flexibility index (Phi) is 6.31. The molecule has 0 radical (unpaired) electrons. The first-order valence-electron chi connectivity index (χ1n) is 9.10. The second kappa shape index (κ2) is 8.35. The minimum absolute atomic E-state index is 0.0296. The van der Waals surface area contributed by atoms with Crippen LogP contribution in [0.15, 0.2) is 71.7 Å². The van der Waals surface area contributed by atoms with Crippen LogP contribution in [0.2, 0.25) is 0 Å². The summed E-state index contributed by atoms with van der Waals surface area (Å²) >= 11 is 5.87. The van der Waals surface area contributed by atoms with Gasteiger partial charge in [-0.05, 0) is 72.0 Å². The second-order valence-corrected chi connectivity index (χ2v) is 10.1. The summed E-state index contributed by atoms with van der Waals surface area (Å²) < 4.78 is 0.608. The van der Waals surface area contributed by atoms with E-state index in [2.05, 4.69) is 81.6 Å². The summed E-state index contributed by atoms with van der Waals surface area (Å²) in [4.78, 5) is 15.3. The number of urea groups is 1. The number of carbonyl (C=O) groups excluding carboxylic acids is 1. The van der Waals surface area contributed by atoms with Crippen molar-refractivity contribution >= 4 is 44.6 Å². The molecular formula is C22H24BrIN2O. The van der Waals surface area contributed by atoms with Gasteiger partial charge in [0.05, 0.1) is 5.54 Å². The Morgan fingerprint density at radius 3 is 2.56 bits per heavy atom. The standard InChI is InChI=1S/C22H24BrIN2O/c1-3-14-22(18-8-5-4-6-9-18)15-7-16-26(20(27)25-22)21(2,24)17-10-12-19(23)13-11-17/h3-6,8-13H,1,7,14-16H2,2H3,(H,25,27)/t21-,22?/m1/s1. The molecule has 1 saturated heterocycles. The van der Waals surface area contributed by atoms with Crippen LogP contribution in [-0.2, 0) is 9.08 Å². The summed E-state index contributed by atoms with van der Waals surface area (Å²) in [6.07, 6.45) is 4.43. The van der Waals surface area contributed by atoms with Crippen LogP contribution < -0.4 is 5.32 Å². The van der Waals surface area contributed by atoms with Crippen LogP contribution in [0.1, 0.15) is 37.3 Å². The van der Waals surface area contributed by atoms with E-state index in [9.17, 15) is 4.79 Å². The van der Waals surface area contributed by atoms with E-state index in [0.29, 0.717) is 13.0 Å². The van der Waals surface area contributed by atoms with Gasteiger partial charge in [0.25, 0.3) is 0 Å². The van der Waals surface area contributed by atoms with Crippen LogP contribution in [0.4, 0.5) is 4.79 Å². The molecule has 1 aliphatic heterocycles. The summed E-state index contributed by atoms with van der Waals surface area (Å²) in [5, 5.41) is 3.35. The molecule has 1 N–H and O–H groups in total. The molecule has 27 heavy (non-hydrogen) atoms. The number of hydrogen-bond donors (Lipinski definition) is 1. The molecule has 3 rings (SSSR count). The molecule has 1 unspecified atom stereocenters. The van der Waals surface area contributed by atoms with Crippen LogP contribution in [0.5, 0.6) is 0 Å². The number of benzene rings is 2. The Hall–Kier alpha value is -1.34.